The Morgan fingerprint density at radius 1 is 1.20 bits per heavy atom. The second-order valence-electron chi connectivity index (χ2n) is 6.69. The lowest BCUT2D eigenvalue weighted by Gasteiger charge is -2.15. The van der Waals surface area contributed by atoms with Crippen molar-refractivity contribution in [2.45, 2.75) is 38.9 Å². The minimum Gasteiger partial charge on any atom is -0.330 e. The molecule has 6 heteroatoms. The average Bonchev–Trinajstić information content (AvgIpc) is 3.35. The number of imidazole rings is 1. The van der Waals surface area contributed by atoms with E-state index >= 15 is 0 Å². The van der Waals surface area contributed by atoms with Crippen LogP contribution >= 0.6 is 0 Å². The highest BCUT2D eigenvalue weighted by Crippen LogP contribution is 2.24. The monoisotopic (exact) mass is 336 g/mol. The smallest absolute Gasteiger partial charge is 0.162 e. The molecule has 1 unspecified atom stereocenters. The number of hydrogen-bond donors (Lipinski definition) is 0. The number of aromatic nitrogens is 5. The van der Waals surface area contributed by atoms with Crippen molar-refractivity contribution in [2.24, 2.45) is 0 Å². The number of benzene rings is 1. The average molecular weight is 336 g/mol. The molecule has 0 radical (unpaired) electrons. The van der Waals surface area contributed by atoms with Gasteiger partial charge in [0.05, 0.1) is 12.2 Å². The van der Waals surface area contributed by atoms with E-state index in [4.69, 9.17) is 0 Å². The number of hydrogen-bond acceptors (Lipinski definition) is 4. The van der Waals surface area contributed by atoms with Crippen LogP contribution in [0.15, 0.2) is 48.9 Å². The molecule has 6 nitrogen and oxygen atoms in total. The van der Waals surface area contributed by atoms with Crippen molar-refractivity contribution >= 4 is 0 Å². The fourth-order valence-electron chi connectivity index (χ4n) is 3.53. The second-order valence-corrected chi connectivity index (χ2v) is 6.69. The zero-order valence-electron chi connectivity index (χ0n) is 14.6. The van der Waals surface area contributed by atoms with E-state index in [1.165, 1.54) is 5.56 Å². The Hall–Kier alpha value is -2.47. The van der Waals surface area contributed by atoms with E-state index in [-0.39, 0.29) is 0 Å². The number of aryl methyl sites for hydroxylation is 1. The molecule has 2 aromatic heterocycles. The van der Waals surface area contributed by atoms with Gasteiger partial charge in [0.1, 0.15) is 5.69 Å². The summed E-state index contributed by atoms with van der Waals surface area (Å²) >= 11 is 0. The molecular weight excluding hydrogens is 312 g/mol. The first-order chi connectivity index (χ1) is 12.3. The summed E-state index contributed by atoms with van der Waals surface area (Å²) in [4.78, 5) is 6.94. The lowest BCUT2D eigenvalue weighted by Crippen LogP contribution is -2.21. The van der Waals surface area contributed by atoms with Crippen molar-refractivity contribution in [3.05, 3.63) is 54.5 Å². The quantitative estimate of drug-likeness (QED) is 0.694. The van der Waals surface area contributed by atoms with Crippen molar-refractivity contribution in [3.8, 4) is 11.5 Å². The van der Waals surface area contributed by atoms with Crippen molar-refractivity contribution in [1.82, 2.24) is 29.4 Å². The largest absolute Gasteiger partial charge is 0.330 e. The third-order valence-electron chi connectivity index (χ3n) is 4.79. The summed E-state index contributed by atoms with van der Waals surface area (Å²) in [5.74, 6) is 0.909. The van der Waals surface area contributed by atoms with Crippen LogP contribution in [0.1, 0.15) is 31.4 Å². The standard InChI is InChI=1S/C19H24N6/c1-2-10-24-12-9-20-19(24)18-15-25(22-21-18)17-8-11-23(14-17)13-16-6-4-3-5-7-16/h3-7,9,12,15,17H,2,8,10-11,13-14H2,1H3. The van der Waals surface area contributed by atoms with E-state index in [0.717, 1.165) is 50.5 Å². The van der Waals surface area contributed by atoms with Gasteiger partial charge in [-0.05, 0) is 18.4 Å². The number of likely N-dealkylation sites (tertiary alicyclic amines) is 1. The second kappa shape index (κ2) is 7.19. The zero-order valence-corrected chi connectivity index (χ0v) is 14.6. The fourth-order valence-corrected chi connectivity index (χ4v) is 3.53. The molecule has 3 heterocycles. The highest BCUT2D eigenvalue weighted by Gasteiger charge is 2.25. The highest BCUT2D eigenvalue weighted by atomic mass is 15.5. The van der Waals surface area contributed by atoms with Crippen LogP contribution in [-0.4, -0.2) is 42.5 Å². The summed E-state index contributed by atoms with van der Waals surface area (Å²) in [5, 5.41) is 8.75. The molecular formula is C19H24N6. The molecule has 0 bridgehead atoms. The van der Waals surface area contributed by atoms with Gasteiger partial charge in [-0.25, -0.2) is 9.67 Å². The van der Waals surface area contributed by atoms with Crippen molar-refractivity contribution in [2.75, 3.05) is 13.1 Å². The molecule has 1 atom stereocenters. The first-order valence-corrected chi connectivity index (χ1v) is 9.03. The third kappa shape index (κ3) is 3.49. The van der Waals surface area contributed by atoms with Gasteiger partial charge in [-0.1, -0.05) is 42.5 Å². The minimum atomic E-state index is 0.388. The Labute approximate surface area is 148 Å². The van der Waals surface area contributed by atoms with Gasteiger partial charge in [0.25, 0.3) is 0 Å². The summed E-state index contributed by atoms with van der Waals surface area (Å²) in [6.07, 6.45) is 8.08. The van der Waals surface area contributed by atoms with E-state index in [1.54, 1.807) is 0 Å². The van der Waals surface area contributed by atoms with Gasteiger partial charge in [-0.3, -0.25) is 4.90 Å². The van der Waals surface area contributed by atoms with Gasteiger partial charge in [0.2, 0.25) is 0 Å². The predicted molar refractivity (Wildman–Crippen MR) is 96.9 cm³/mol. The summed E-state index contributed by atoms with van der Waals surface area (Å²) in [6, 6.07) is 11.0. The molecule has 0 saturated carbocycles. The number of rotatable bonds is 6. The molecule has 0 N–H and O–H groups in total. The van der Waals surface area contributed by atoms with Crippen LogP contribution in [0.25, 0.3) is 11.5 Å². The molecule has 1 aliphatic heterocycles. The number of nitrogens with zero attached hydrogens (tertiary/aromatic N) is 6. The molecule has 1 aromatic carbocycles. The van der Waals surface area contributed by atoms with Crippen molar-refractivity contribution in [1.29, 1.82) is 0 Å². The summed E-state index contributed by atoms with van der Waals surface area (Å²) < 4.78 is 4.16. The summed E-state index contributed by atoms with van der Waals surface area (Å²) in [7, 11) is 0. The van der Waals surface area contributed by atoms with Gasteiger partial charge in [0, 0.05) is 38.6 Å². The Bertz CT molecular complexity index is 806. The molecule has 0 spiro atoms. The molecule has 0 amide bonds. The van der Waals surface area contributed by atoms with Crippen LogP contribution in [0, 0.1) is 0 Å². The van der Waals surface area contributed by atoms with Crippen molar-refractivity contribution in [3.63, 3.8) is 0 Å². The van der Waals surface area contributed by atoms with Crippen LogP contribution in [0.5, 0.6) is 0 Å². The first-order valence-electron chi connectivity index (χ1n) is 9.03. The molecule has 0 aliphatic carbocycles. The Morgan fingerprint density at radius 2 is 2.08 bits per heavy atom. The lowest BCUT2D eigenvalue weighted by molar-refractivity contribution is 0.310. The maximum atomic E-state index is 4.45. The maximum absolute atomic E-state index is 4.45. The first kappa shape index (κ1) is 16.0. The van der Waals surface area contributed by atoms with Gasteiger partial charge >= 0.3 is 0 Å². The predicted octanol–water partition coefficient (Wildman–Crippen LogP) is 3.00. The van der Waals surface area contributed by atoms with Crippen LogP contribution in [0.3, 0.4) is 0 Å². The fraction of sp³-hybridized carbons (Fsp3) is 0.421. The van der Waals surface area contributed by atoms with E-state index in [1.807, 2.05) is 23.3 Å². The lowest BCUT2D eigenvalue weighted by atomic mass is 10.2. The van der Waals surface area contributed by atoms with Crippen LogP contribution in [0.2, 0.25) is 0 Å². The third-order valence-corrected chi connectivity index (χ3v) is 4.79. The highest BCUT2D eigenvalue weighted by molar-refractivity contribution is 5.47. The topological polar surface area (TPSA) is 51.8 Å². The van der Waals surface area contributed by atoms with E-state index in [0.29, 0.717) is 6.04 Å². The molecule has 1 saturated heterocycles. The Kier molecular flexibility index (Phi) is 4.61. The van der Waals surface area contributed by atoms with E-state index in [2.05, 4.69) is 62.0 Å². The Balaban J connectivity index is 1.43. The van der Waals surface area contributed by atoms with E-state index < -0.39 is 0 Å². The normalized spacial score (nSPS) is 18.0. The van der Waals surface area contributed by atoms with Gasteiger partial charge in [-0.2, -0.15) is 0 Å². The molecule has 3 aromatic rings. The molecule has 1 aliphatic rings. The van der Waals surface area contributed by atoms with Crippen LogP contribution in [-0.2, 0) is 13.1 Å². The summed E-state index contributed by atoms with van der Waals surface area (Å²) in [5.41, 5.74) is 2.23. The van der Waals surface area contributed by atoms with Gasteiger partial charge in [0.15, 0.2) is 5.82 Å². The van der Waals surface area contributed by atoms with Gasteiger partial charge in [-0.15, -0.1) is 5.10 Å². The molecule has 130 valence electrons. The van der Waals surface area contributed by atoms with Crippen LogP contribution < -0.4 is 0 Å². The van der Waals surface area contributed by atoms with Crippen molar-refractivity contribution < 1.29 is 0 Å². The molecule has 25 heavy (non-hydrogen) atoms. The summed E-state index contributed by atoms with van der Waals surface area (Å²) in [6.45, 7) is 6.23. The minimum absolute atomic E-state index is 0.388. The Morgan fingerprint density at radius 3 is 2.92 bits per heavy atom. The van der Waals surface area contributed by atoms with E-state index in [9.17, 15) is 0 Å². The molecule has 4 rings (SSSR count). The molecule has 1 fully saturated rings. The van der Waals surface area contributed by atoms with Gasteiger partial charge < -0.3 is 4.57 Å². The van der Waals surface area contributed by atoms with Crippen LogP contribution in [0.4, 0.5) is 0 Å². The zero-order chi connectivity index (χ0) is 17.1. The SMILES string of the molecule is CCCn1ccnc1-c1cn(C2CCN(Cc3ccccc3)C2)nn1. The maximum Gasteiger partial charge on any atom is 0.162 e.